The maximum absolute atomic E-state index is 12.0. The van der Waals surface area contributed by atoms with E-state index in [-0.39, 0.29) is 11.3 Å². The van der Waals surface area contributed by atoms with E-state index < -0.39 is 11.9 Å². The first-order valence-corrected chi connectivity index (χ1v) is 7.58. The van der Waals surface area contributed by atoms with E-state index in [1.165, 1.54) is 23.7 Å². The number of hydrogen-bond donors (Lipinski definition) is 1. The fourth-order valence-electron chi connectivity index (χ4n) is 2.63. The van der Waals surface area contributed by atoms with Gasteiger partial charge in [-0.2, -0.15) is 0 Å². The molecular formula is C15H14NO4S-. The zero-order chi connectivity index (χ0) is 15.0. The Morgan fingerprint density at radius 1 is 1.48 bits per heavy atom. The minimum absolute atomic E-state index is 0.127. The minimum Gasteiger partial charge on any atom is -0.545 e. The van der Waals surface area contributed by atoms with Gasteiger partial charge in [-0.1, -0.05) is 6.92 Å². The van der Waals surface area contributed by atoms with Crippen LogP contribution in [0.4, 0.5) is 5.00 Å². The van der Waals surface area contributed by atoms with Crippen molar-refractivity contribution < 1.29 is 19.1 Å². The lowest BCUT2D eigenvalue weighted by Gasteiger charge is -2.19. The molecule has 0 unspecified atom stereocenters. The topological polar surface area (TPSA) is 82.4 Å². The standard InChI is InChI=1S/C15H15NO4S/c1-8-4-5-9-11(7-8)21-14(12(9)15(18)19)16-13(17)10-3-2-6-20-10/h2-3,6,8H,4-5,7H2,1H3,(H,16,17)(H,18,19)/p-1/t8-/m0/s1. The maximum atomic E-state index is 12.0. The molecule has 6 heteroatoms. The number of fused-ring (bicyclic) bond motifs is 1. The predicted molar refractivity (Wildman–Crippen MR) is 76.5 cm³/mol. The molecule has 0 fully saturated rings. The van der Waals surface area contributed by atoms with Crippen LogP contribution in [-0.2, 0) is 12.8 Å². The third-order valence-electron chi connectivity index (χ3n) is 3.69. The van der Waals surface area contributed by atoms with Gasteiger partial charge >= 0.3 is 0 Å². The molecule has 2 heterocycles. The number of anilines is 1. The van der Waals surface area contributed by atoms with Crippen LogP contribution in [0, 0.1) is 5.92 Å². The molecule has 0 aromatic carbocycles. The van der Waals surface area contributed by atoms with Crippen LogP contribution in [0.1, 0.15) is 44.7 Å². The van der Waals surface area contributed by atoms with Crippen molar-refractivity contribution in [2.45, 2.75) is 26.2 Å². The molecule has 1 atom stereocenters. The van der Waals surface area contributed by atoms with Crippen LogP contribution in [0.2, 0.25) is 0 Å². The molecule has 0 spiro atoms. The molecule has 1 N–H and O–H groups in total. The summed E-state index contributed by atoms with van der Waals surface area (Å²) >= 11 is 1.33. The van der Waals surface area contributed by atoms with Gasteiger partial charge < -0.3 is 19.6 Å². The highest BCUT2D eigenvalue weighted by atomic mass is 32.1. The van der Waals surface area contributed by atoms with E-state index in [4.69, 9.17) is 4.42 Å². The lowest BCUT2D eigenvalue weighted by atomic mass is 9.88. The van der Waals surface area contributed by atoms with E-state index in [1.807, 2.05) is 0 Å². The summed E-state index contributed by atoms with van der Waals surface area (Å²) in [6.45, 7) is 2.14. The summed E-state index contributed by atoms with van der Waals surface area (Å²) < 4.78 is 5.02. The third kappa shape index (κ3) is 2.58. The number of furan rings is 1. The van der Waals surface area contributed by atoms with Gasteiger partial charge in [0.25, 0.3) is 5.91 Å². The smallest absolute Gasteiger partial charge is 0.291 e. The molecule has 110 valence electrons. The highest BCUT2D eigenvalue weighted by molar-refractivity contribution is 7.17. The second kappa shape index (κ2) is 5.37. The SMILES string of the molecule is C[C@H]1CCc2c(sc(NC(=O)c3ccco3)c2C(=O)[O-])C1. The lowest BCUT2D eigenvalue weighted by Crippen LogP contribution is -2.26. The second-order valence-electron chi connectivity index (χ2n) is 5.27. The highest BCUT2D eigenvalue weighted by Crippen LogP contribution is 2.39. The van der Waals surface area contributed by atoms with Crippen molar-refractivity contribution in [3.05, 3.63) is 40.2 Å². The Morgan fingerprint density at radius 3 is 2.95 bits per heavy atom. The van der Waals surface area contributed by atoms with Crippen molar-refractivity contribution >= 4 is 28.2 Å². The quantitative estimate of drug-likeness (QED) is 0.941. The third-order valence-corrected chi connectivity index (χ3v) is 4.86. The highest BCUT2D eigenvalue weighted by Gasteiger charge is 2.25. The number of aromatic carboxylic acids is 1. The summed E-state index contributed by atoms with van der Waals surface area (Å²) in [5, 5.41) is 14.4. The molecule has 3 rings (SSSR count). The van der Waals surface area contributed by atoms with E-state index in [2.05, 4.69) is 12.2 Å². The van der Waals surface area contributed by atoms with Crippen LogP contribution in [0.3, 0.4) is 0 Å². The molecule has 5 nitrogen and oxygen atoms in total. The van der Waals surface area contributed by atoms with Crippen LogP contribution in [0.25, 0.3) is 0 Å². The lowest BCUT2D eigenvalue weighted by molar-refractivity contribution is -0.254. The number of carboxylic acid groups (broad SMARTS) is 1. The van der Waals surface area contributed by atoms with Crippen molar-refractivity contribution in [3.8, 4) is 0 Å². The number of carbonyl (C=O) groups excluding carboxylic acids is 2. The molecule has 0 bridgehead atoms. The summed E-state index contributed by atoms with van der Waals surface area (Å²) in [6.07, 6.45) is 3.91. The van der Waals surface area contributed by atoms with Gasteiger partial charge in [-0.15, -0.1) is 11.3 Å². The first-order chi connectivity index (χ1) is 10.1. The van der Waals surface area contributed by atoms with Crippen molar-refractivity contribution in [3.63, 3.8) is 0 Å². The van der Waals surface area contributed by atoms with Crippen LogP contribution >= 0.6 is 11.3 Å². The number of hydrogen-bond acceptors (Lipinski definition) is 5. The Kier molecular flexibility index (Phi) is 3.55. The first-order valence-electron chi connectivity index (χ1n) is 6.77. The summed E-state index contributed by atoms with van der Waals surface area (Å²) in [4.78, 5) is 24.5. The Balaban J connectivity index is 1.95. The van der Waals surface area contributed by atoms with Gasteiger partial charge in [0.05, 0.1) is 12.2 Å². The molecule has 2 aromatic heterocycles. The predicted octanol–water partition coefficient (Wildman–Crippen LogP) is 2.08. The van der Waals surface area contributed by atoms with Gasteiger partial charge in [0.15, 0.2) is 5.76 Å². The fraction of sp³-hybridized carbons (Fsp3) is 0.333. The largest absolute Gasteiger partial charge is 0.545 e. The molecule has 0 radical (unpaired) electrons. The molecule has 0 aliphatic heterocycles. The van der Waals surface area contributed by atoms with Crippen LogP contribution in [0.15, 0.2) is 22.8 Å². The summed E-state index contributed by atoms with van der Waals surface area (Å²) in [6, 6.07) is 3.14. The van der Waals surface area contributed by atoms with Crippen molar-refractivity contribution in [2.24, 2.45) is 5.92 Å². The van der Waals surface area contributed by atoms with E-state index in [0.717, 1.165) is 23.3 Å². The molecule has 1 aliphatic carbocycles. The van der Waals surface area contributed by atoms with Crippen molar-refractivity contribution in [1.82, 2.24) is 0 Å². The minimum atomic E-state index is -1.24. The Labute approximate surface area is 125 Å². The van der Waals surface area contributed by atoms with Gasteiger partial charge in [-0.25, -0.2) is 0 Å². The van der Waals surface area contributed by atoms with Gasteiger partial charge in [0.1, 0.15) is 5.00 Å². The number of carbonyl (C=O) groups is 2. The van der Waals surface area contributed by atoms with E-state index in [1.54, 1.807) is 6.07 Å². The van der Waals surface area contributed by atoms with Crippen molar-refractivity contribution in [1.29, 1.82) is 0 Å². The summed E-state index contributed by atoms with van der Waals surface area (Å²) in [7, 11) is 0. The number of rotatable bonds is 3. The summed E-state index contributed by atoms with van der Waals surface area (Å²) in [5.74, 6) is -1.01. The zero-order valence-corrected chi connectivity index (χ0v) is 12.3. The molecule has 0 saturated carbocycles. The summed E-state index contributed by atoms with van der Waals surface area (Å²) in [5.41, 5.74) is 0.939. The Hall–Kier alpha value is -2.08. The number of carboxylic acids is 1. The Morgan fingerprint density at radius 2 is 2.29 bits per heavy atom. The first kappa shape index (κ1) is 13.9. The second-order valence-corrected chi connectivity index (χ2v) is 6.38. The van der Waals surface area contributed by atoms with Crippen LogP contribution in [0.5, 0.6) is 0 Å². The van der Waals surface area contributed by atoms with Gasteiger partial charge in [-0.3, -0.25) is 4.79 Å². The van der Waals surface area contributed by atoms with Gasteiger partial charge in [0, 0.05) is 10.4 Å². The van der Waals surface area contributed by atoms with E-state index >= 15 is 0 Å². The van der Waals surface area contributed by atoms with Crippen LogP contribution in [-0.4, -0.2) is 11.9 Å². The molecule has 1 amide bonds. The average molecular weight is 304 g/mol. The fourth-order valence-corrected chi connectivity index (χ4v) is 4.02. The van der Waals surface area contributed by atoms with Gasteiger partial charge in [-0.05, 0) is 42.9 Å². The van der Waals surface area contributed by atoms with Gasteiger partial charge in [0.2, 0.25) is 0 Å². The average Bonchev–Trinajstić information content (AvgIpc) is 3.04. The molecule has 21 heavy (non-hydrogen) atoms. The number of amides is 1. The van der Waals surface area contributed by atoms with E-state index in [0.29, 0.717) is 17.3 Å². The molecule has 1 aliphatic rings. The monoisotopic (exact) mass is 304 g/mol. The Bertz CT molecular complexity index is 687. The molecule has 2 aromatic rings. The van der Waals surface area contributed by atoms with E-state index in [9.17, 15) is 14.7 Å². The molecule has 0 saturated heterocycles. The number of thiophene rings is 1. The molecular weight excluding hydrogens is 290 g/mol. The number of nitrogens with one attached hydrogen (secondary N) is 1. The zero-order valence-electron chi connectivity index (χ0n) is 11.5. The maximum Gasteiger partial charge on any atom is 0.291 e. The normalized spacial score (nSPS) is 17.3. The van der Waals surface area contributed by atoms with Crippen molar-refractivity contribution in [2.75, 3.05) is 5.32 Å². The van der Waals surface area contributed by atoms with Crippen LogP contribution < -0.4 is 10.4 Å².